The Kier molecular flexibility index (Phi) is 5.99. The van der Waals surface area contributed by atoms with E-state index >= 15 is 0 Å². The number of ether oxygens (including phenoxy) is 1. The highest BCUT2D eigenvalue weighted by molar-refractivity contribution is 7.14. The Morgan fingerprint density at radius 1 is 1.50 bits per heavy atom. The zero-order valence-corrected chi connectivity index (χ0v) is 13.0. The highest BCUT2D eigenvalue weighted by atomic mass is 32.1. The van der Waals surface area contributed by atoms with Crippen LogP contribution in [0, 0.1) is 0 Å². The second-order valence-electron chi connectivity index (χ2n) is 4.91. The van der Waals surface area contributed by atoms with Crippen LogP contribution in [-0.4, -0.2) is 46.4 Å². The molecule has 1 amide bonds. The molecule has 10 heteroatoms. The first-order valence-corrected chi connectivity index (χ1v) is 6.92. The summed E-state index contributed by atoms with van der Waals surface area (Å²) in [4.78, 5) is 41.4. The van der Waals surface area contributed by atoms with E-state index in [2.05, 4.69) is 15.5 Å². The van der Waals surface area contributed by atoms with Crippen molar-refractivity contribution < 1.29 is 29.1 Å². The number of rotatable bonds is 7. The molecule has 9 nitrogen and oxygen atoms in total. The molecule has 0 aromatic carbocycles. The van der Waals surface area contributed by atoms with Gasteiger partial charge in [-0.25, -0.2) is 14.6 Å². The van der Waals surface area contributed by atoms with E-state index in [1.807, 2.05) is 0 Å². The van der Waals surface area contributed by atoms with Gasteiger partial charge < -0.3 is 20.0 Å². The van der Waals surface area contributed by atoms with Gasteiger partial charge in [-0.3, -0.25) is 4.79 Å². The third kappa shape index (κ3) is 5.87. The predicted octanol–water partition coefficient (Wildman–Crippen LogP) is 0.858. The Morgan fingerprint density at radius 3 is 2.73 bits per heavy atom. The first-order valence-electron chi connectivity index (χ1n) is 6.04. The average Bonchev–Trinajstić information content (AvgIpc) is 2.80. The summed E-state index contributed by atoms with van der Waals surface area (Å²) in [5, 5.41) is 16.3. The van der Waals surface area contributed by atoms with Crippen molar-refractivity contribution in [1.29, 1.82) is 0 Å². The summed E-state index contributed by atoms with van der Waals surface area (Å²) in [7, 11) is 0. The maximum absolute atomic E-state index is 11.4. The Morgan fingerprint density at radius 2 is 2.18 bits per heavy atom. The van der Waals surface area contributed by atoms with E-state index in [0.29, 0.717) is 6.41 Å². The summed E-state index contributed by atoms with van der Waals surface area (Å²) in [5.74, 6) is -2.06. The molecule has 0 unspecified atom stereocenters. The van der Waals surface area contributed by atoms with Crippen LogP contribution in [0.1, 0.15) is 26.5 Å². The van der Waals surface area contributed by atoms with E-state index in [9.17, 15) is 14.4 Å². The molecule has 0 spiro atoms. The maximum Gasteiger partial charge on any atom is 0.360 e. The molecular weight excluding hydrogens is 314 g/mol. The number of carboxylic acid groups (broad SMARTS) is 1. The van der Waals surface area contributed by atoms with E-state index in [1.54, 1.807) is 20.8 Å². The zero-order chi connectivity index (χ0) is 16.8. The Balaban J connectivity index is 2.72. The number of aliphatic carboxylic acids is 1. The van der Waals surface area contributed by atoms with Gasteiger partial charge in [0.1, 0.15) is 11.3 Å². The maximum atomic E-state index is 11.4. The van der Waals surface area contributed by atoms with Crippen molar-refractivity contribution in [3.63, 3.8) is 0 Å². The van der Waals surface area contributed by atoms with Crippen molar-refractivity contribution in [2.75, 3.05) is 11.9 Å². The second kappa shape index (κ2) is 7.50. The third-order valence-corrected chi connectivity index (χ3v) is 2.66. The standard InChI is InChI=1S/C12H15N3O6S/c1-12(2,3)21-8(17)4-20-15-9(10(18)19)7-5-22-11(14-7)13-6-16/h5-6H,4H2,1-3H3,(H,18,19)(H,13,14,16). The highest BCUT2D eigenvalue weighted by Crippen LogP contribution is 2.15. The molecule has 0 radical (unpaired) electrons. The number of amides is 1. The number of esters is 1. The summed E-state index contributed by atoms with van der Waals surface area (Å²) in [6.45, 7) is 4.53. The molecule has 2 N–H and O–H groups in total. The van der Waals surface area contributed by atoms with Gasteiger partial charge in [0.15, 0.2) is 5.13 Å². The second-order valence-corrected chi connectivity index (χ2v) is 5.76. The number of nitrogens with zero attached hydrogens (tertiary/aromatic N) is 2. The molecule has 1 aromatic rings. The molecular formula is C12H15N3O6S. The molecule has 1 heterocycles. The first-order chi connectivity index (χ1) is 10.2. The molecule has 0 saturated heterocycles. The zero-order valence-electron chi connectivity index (χ0n) is 12.2. The summed E-state index contributed by atoms with van der Waals surface area (Å²) < 4.78 is 4.98. The predicted molar refractivity (Wildman–Crippen MR) is 77.8 cm³/mol. The topological polar surface area (TPSA) is 127 Å². The molecule has 0 atom stereocenters. The minimum absolute atomic E-state index is 0.00559. The van der Waals surface area contributed by atoms with E-state index in [-0.39, 0.29) is 10.8 Å². The first kappa shape index (κ1) is 17.6. The van der Waals surface area contributed by atoms with Crippen LogP contribution in [0.4, 0.5) is 5.13 Å². The summed E-state index contributed by atoms with van der Waals surface area (Å²) in [6.07, 6.45) is 0.416. The number of oxime groups is 1. The molecule has 22 heavy (non-hydrogen) atoms. The van der Waals surface area contributed by atoms with Crippen molar-refractivity contribution in [3.8, 4) is 0 Å². The van der Waals surface area contributed by atoms with E-state index in [1.165, 1.54) is 5.38 Å². The van der Waals surface area contributed by atoms with Crippen LogP contribution in [0.2, 0.25) is 0 Å². The number of hydrogen-bond donors (Lipinski definition) is 2. The van der Waals surface area contributed by atoms with Gasteiger partial charge in [-0.1, -0.05) is 5.16 Å². The number of aromatic nitrogens is 1. The van der Waals surface area contributed by atoms with Crippen molar-refractivity contribution in [1.82, 2.24) is 4.98 Å². The van der Waals surface area contributed by atoms with Crippen LogP contribution in [0.5, 0.6) is 0 Å². The van der Waals surface area contributed by atoms with Crippen molar-refractivity contribution >= 4 is 40.5 Å². The molecule has 1 aromatic heterocycles. The van der Waals surface area contributed by atoms with Gasteiger partial charge in [0.2, 0.25) is 18.7 Å². The monoisotopic (exact) mass is 329 g/mol. The molecule has 0 aliphatic carbocycles. The number of carbonyl (C=O) groups excluding carboxylic acids is 2. The van der Waals surface area contributed by atoms with Crippen LogP contribution in [0.3, 0.4) is 0 Å². The lowest BCUT2D eigenvalue weighted by Crippen LogP contribution is -2.26. The highest BCUT2D eigenvalue weighted by Gasteiger charge is 2.19. The number of anilines is 1. The molecule has 120 valence electrons. The normalized spacial score (nSPS) is 11.7. The van der Waals surface area contributed by atoms with Gasteiger partial charge in [0.05, 0.1) is 0 Å². The third-order valence-electron chi connectivity index (χ3n) is 1.89. The minimum atomic E-state index is -1.38. The van der Waals surface area contributed by atoms with E-state index in [0.717, 1.165) is 11.3 Å². The Hall–Kier alpha value is -2.49. The quantitative estimate of drug-likeness (QED) is 0.328. The van der Waals surface area contributed by atoms with Gasteiger partial charge in [-0.05, 0) is 20.8 Å². The van der Waals surface area contributed by atoms with Crippen molar-refractivity contribution in [2.24, 2.45) is 5.16 Å². The smallest absolute Gasteiger partial charge is 0.360 e. The molecule has 0 aliphatic rings. The van der Waals surface area contributed by atoms with Crippen LogP contribution < -0.4 is 5.32 Å². The summed E-state index contributed by atoms with van der Waals surface area (Å²) >= 11 is 1.02. The summed E-state index contributed by atoms with van der Waals surface area (Å²) in [5.41, 5.74) is -1.16. The fraction of sp³-hybridized carbons (Fsp3) is 0.417. The van der Waals surface area contributed by atoms with E-state index < -0.39 is 29.9 Å². The lowest BCUT2D eigenvalue weighted by atomic mass is 10.2. The van der Waals surface area contributed by atoms with Crippen molar-refractivity contribution in [3.05, 3.63) is 11.1 Å². The number of carboxylic acids is 1. The minimum Gasteiger partial charge on any atom is -0.476 e. The number of hydrogen-bond acceptors (Lipinski definition) is 8. The fourth-order valence-electron chi connectivity index (χ4n) is 1.22. The van der Waals surface area contributed by atoms with Crippen LogP contribution in [0.15, 0.2) is 10.5 Å². The lowest BCUT2D eigenvalue weighted by molar-refractivity contribution is -0.160. The van der Waals surface area contributed by atoms with Crippen LogP contribution in [-0.2, 0) is 24.0 Å². The van der Waals surface area contributed by atoms with Crippen molar-refractivity contribution in [2.45, 2.75) is 26.4 Å². The molecule has 1 rings (SSSR count). The SMILES string of the molecule is CC(C)(C)OC(=O)CON=C(C(=O)O)c1csc(NC=O)n1. The Labute approximate surface area is 129 Å². The number of thiazole rings is 1. The summed E-state index contributed by atoms with van der Waals surface area (Å²) in [6, 6.07) is 0. The number of carbonyl (C=O) groups is 3. The number of nitrogens with one attached hydrogen (secondary N) is 1. The van der Waals surface area contributed by atoms with Gasteiger partial charge in [0.25, 0.3) is 0 Å². The molecule has 0 aliphatic heterocycles. The average molecular weight is 329 g/mol. The largest absolute Gasteiger partial charge is 0.476 e. The molecule has 0 bridgehead atoms. The van der Waals surface area contributed by atoms with Gasteiger partial charge >= 0.3 is 11.9 Å². The van der Waals surface area contributed by atoms with Crippen LogP contribution in [0.25, 0.3) is 0 Å². The fourth-order valence-corrected chi connectivity index (χ4v) is 1.87. The Bertz CT molecular complexity index is 590. The van der Waals surface area contributed by atoms with Gasteiger partial charge in [-0.15, -0.1) is 11.3 Å². The van der Waals surface area contributed by atoms with Crippen LogP contribution >= 0.6 is 11.3 Å². The lowest BCUT2D eigenvalue weighted by Gasteiger charge is -2.18. The van der Waals surface area contributed by atoms with Gasteiger partial charge in [-0.2, -0.15) is 0 Å². The van der Waals surface area contributed by atoms with E-state index in [4.69, 9.17) is 14.7 Å². The molecule has 0 saturated carbocycles. The van der Waals surface area contributed by atoms with Gasteiger partial charge in [0, 0.05) is 5.38 Å². The molecule has 0 fully saturated rings.